The van der Waals surface area contributed by atoms with Gasteiger partial charge in [0.2, 0.25) is 5.91 Å². The van der Waals surface area contributed by atoms with Gasteiger partial charge in [-0.15, -0.1) is 6.58 Å². The van der Waals surface area contributed by atoms with Gasteiger partial charge in [-0.1, -0.05) is 37.9 Å². The standard InChI is InChI=1S/C16H21Br2N3O/c1-2-4-20-5-3-6-21(8-7-20)12-16(22)19-15-10-13(17)9-14(18)11-15/h2,9-11H,1,3-8,12H2,(H,19,22). The quantitative estimate of drug-likeness (QED) is 0.727. The van der Waals surface area contributed by atoms with Gasteiger partial charge in [-0.05, 0) is 37.7 Å². The molecule has 1 fully saturated rings. The molecular weight excluding hydrogens is 410 g/mol. The second kappa shape index (κ2) is 8.82. The van der Waals surface area contributed by atoms with E-state index >= 15 is 0 Å². The first-order chi connectivity index (χ1) is 10.6. The molecule has 2 rings (SSSR count). The van der Waals surface area contributed by atoms with Gasteiger partial charge in [0, 0.05) is 34.3 Å². The molecule has 0 spiro atoms. The Labute approximate surface area is 148 Å². The number of amides is 1. The summed E-state index contributed by atoms with van der Waals surface area (Å²) in [6.45, 7) is 9.09. The second-order valence-electron chi connectivity index (χ2n) is 5.43. The Bertz CT molecular complexity index is 516. The SMILES string of the molecule is C=CCN1CCCN(CC(=O)Nc2cc(Br)cc(Br)c2)CC1. The molecule has 0 bridgehead atoms. The smallest absolute Gasteiger partial charge is 0.238 e. The van der Waals surface area contributed by atoms with Gasteiger partial charge in [-0.3, -0.25) is 14.6 Å². The van der Waals surface area contributed by atoms with Crippen molar-refractivity contribution in [3.8, 4) is 0 Å². The fourth-order valence-corrected chi connectivity index (χ4v) is 3.87. The summed E-state index contributed by atoms with van der Waals surface area (Å²) in [5, 5.41) is 2.96. The van der Waals surface area contributed by atoms with E-state index in [0.29, 0.717) is 6.54 Å². The summed E-state index contributed by atoms with van der Waals surface area (Å²) in [5.74, 6) is 0.0298. The minimum absolute atomic E-state index is 0.0298. The maximum Gasteiger partial charge on any atom is 0.238 e. The lowest BCUT2D eigenvalue weighted by Crippen LogP contribution is -2.36. The van der Waals surface area contributed by atoms with Crippen LogP contribution >= 0.6 is 31.9 Å². The Morgan fingerprint density at radius 3 is 2.45 bits per heavy atom. The molecule has 1 aliphatic rings. The van der Waals surface area contributed by atoms with Crippen molar-refractivity contribution in [2.24, 2.45) is 0 Å². The summed E-state index contributed by atoms with van der Waals surface area (Å²) >= 11 is 6.86. The van der Waals surface area contributed by atoms with Crippen LogP contribution in [0.1, 0.15) is 6.42 Å². The highest BCUT2D eigenvalue weighted by Crippen LogP contribution is 2.23. The fourth-order valence-electron chi connectivity index (χ4n) is 2.58. The first-order valence-electron chi connectivity index (χ1n) is 7.38. The van der Waals surface area contributed by atoms with E-state index in [0.717, 1.165) is 53.8 Å². The molecule has 120 valence electrons. The lowest BCUT2D eigenvalue weighted by Gasteiger charge is -2.20. The van der Waals surface area contributed by atoms with Gasteiger partial charge >= 0.3 is 0 Å². The van der Waals surface area contributed by atoms with Gasteiger partial charge in [0.05, 0.1) is 6.54 Å². The number of carbonyl (C=O) groups excluding carboxylic acids is 1. The molecule has 1 aliphatic heterocycles. The van der Waals surface area contributed by atoms with Crippen LogP contribution in [0.25, 0.3) is 0 Å². The molecule has 1 N–H and O–H groups in total. The van der Waals surface area contributed by atoms with Crippen LogP contribution in [0, 0.1) is 0 Å². The molecule has 22 heavy (non-hydrogen) atoms. The van der Waals surface area contributed by atoms with Crippen LogP contribution in [0.2, 0.25) is 0 Å². The average molecular weight is 431 g/mol. The summed E-state index contributed by atoms with van der Waals surface area (Å²) < 4.78 is 1.87. The van der Waals surface area contributed by atoms with E-state index in [9.17, 15) is 4.79 Å². The zero-order chi connectivity index (χ0) is 15.9. The highest BCUT2D eigenvalue weighted by molar-refractivity contribution is 9.11. The molecule has 1 aromatic rings. The Hall–Kier alpha value is -0.690. The van der Waals surface area contributed by atoms with Gasteiger partial charge in [-0.25, -0.2) is 0 Å². The van der Waals surface area contributed by atoms with Gasteiger partial charge < -0.3 is 5.32 Å². The molecule has 1 heterocycles. The number of nitrogens with one attached hydrogen (secondary N) is 1. The Morgan fingerprint density at radius 2 is 1.77 bits per heavy atom. The highest BCUT2D eigenvalue weighted by Gasteiger charge is 2.16. The highest BCUT2D eigenvalue weighted by atomic mass is 79.9. The number of anilines is 1. The fraction of sp³-hybridized carbons (Fsp3) is 0.438. The van der Waals surface area contributed by atoms with Gasteiger partial charge in [-0.2, -0.15) is 0 Å². The third kappa shape index (κ3) is 5.83. The van der Waals surface area contributed by atoms with Crippen LogP contribution in [0.3, 0.4) is 0 Å². The third-order valence-electron chi connectivity index (χ3n) is 3.58. The summed E-state index contributed by atoms with van der Waals surface area (Å²) in [6, 6.07) is 5.74. The van der Waals surface area contributed by atoms with E-state index in [1.807, 2.05) is 24.3 Å². The zero-order valence-corrected chi connectivity index (χ0v) is 15.7. The van der Waals surface area contributed by atoms with Crippen LogP contribution in [0.15, 0.2) is 39.8 Å². The molecule has 0 saturated carbocycles. The van der Waals surface area contributed by atoms with E-state index in [-0.39, 0.29) is 5.91 Å². The molecule has 0 atom stereocenters. The molecule has 1 amide bonds. The lowest BCUT2D eigenvalue weighted by molar-refractivity contribution is -0.117. The van der Waals surface area contributed by atoms with Crippen LogP contribution in [0.5, 0.6) is 0 Å². The van der Waals surface area contributed by atoms with E-state index in [1.165, 1.54) is 0 Å². The maximum atomic E-state index is 12.2. The van der Waals surface area contributed by atoms with Crippen LogP contribution < -0.4 is 5.32 Å². The van der Waals surface area contributed by atoms with E-state index in [4.69, 9.17) is 0 Å². The number of hydrogen-bond donors (Lipinski definition) is 1. The maximum absolute atomic E-state index is 12.2. The molecular formula is C16H21Br2N3O. The minimum atomic E-state index is 0.0298. The van der Waals surface area contributed by atoms with Crippen molar-refractivity contribution in [1.29, 1.82) is 0 Å². The second-order valence-corrected chi connectivity index (χ2v) is 7.26. The predicted molar refractivity (Wildman–Crippen MR) is 98.2 cm³/mol. The molecule has 0 unspecified atom stereocenters. The number of nitrogens with zero attached hydrogens (tertiary/aromatic N) is 2. The first-order valence-corrected chi connectivity index (χ1v) is 8.97. The van der Waals surface area contributed by atoms with Crippen molar-refractivity contribution in [3.05, 3.63) is 39.8 Å². The summed E-state index contributed by atoms with van der Waals surface area (Å²) in [6.07, 6.45) is 3.02. The summed E-state index contributed by atoms with van der Waals surface area (Å²) in [5.41, 5.74) is 0.800. The number of halogens is 2. The molecule has 1 aromatic carbocycles. The van der Waals surface area contributed by atoms with Gasteiger partial charge in [0.1, 0.15) is 0 Å². The van der Waals surface area contributed by atoms with Crippen molar-refractivity contribution >= 4 is 43.5 Å². The monoisotopic (exact) mass is 429 g/mol. The topological polar surface area (TPSA) is 35.6 Å². The Balaban J connectivity index is 1.85. The summed E-state index contributed by atoms with van der Waals surface area (Å²) in [7, 11) is 0. The number of benzene rings is 1. The number of hydrogen-bond acceptors (Lipinski definition) is 3. The first kappa shape index (κ1) is 17.7. The molecule has 1 saturated heterocycles. The average Bonchev–Trinajstić information content (AvgIpc) is 2.63. The van der Waals surface area contributed by atoms with Crippen LogP contribution in [-0.4, -0.2) is 55.0 Å². The number of carbonyl (C=O) groups is 1. The van der Waals surface area contributed by atoms with Crippen molar-refractivity contribution in [1.82, 2.24) is 9.80 Å². The van der Waals surface area contributed by atoms with Crippen LogP contribution in [0.4, 0.5) is 5.69 Å². The zero-order valence-electron chi connectivity index (χ0n) is 12.5. The molecule has 6 heteroatoms. The molecule has 0 aliphatic carbocycles. The third-order valence-corrected chi connectivity index (χ3v) is 4.50. The van der Waals surface area contributed by atoms with Crippen LogP contribution in [-0.2, 0) is 4.79 Å². The summed E-state index contributed by atoms with van der Waals surface area (Å²) in [4.78, 5) is 16.8. The largest absolute Gasteiger partial charge is 0.325 e. The van der Waals surface area contributed by atoms with Gasteiger partial charge in [0.25, 0.3) is 0 Å². The van der Waals surface area contributed by atoms with E-state index < -0.39 is 0 Å². The molecule has 4 nitrogen and oxygen atoms in total. The van der Waals surface area contributed by atoms with Gasteiger partial charge in [0.15, 0.2) is 0 Å². The van der Waals surface area contributed by atoms with E-state index in [1.54, 1.807) is 0 Å². The lowest BCUT2D eigenvalue weighted by atomic mass is 10.3. The van der Waals surface area contributed by atoms with E-state index in [2.05, 4.69) is 53.6 Å². The normalized spacial score (nSPS) is 17.0. The Morgan fingerprint density at radius 1 is 1.14 bits per heavy atom. The molecule has 0 radical (unpaired) electrons. The van der Waals surface area contributed by atoms with Crippen molar-refractivity contribution < 1.29 is 4.79 Å². The Kier molecular flexibility index (Phi) is 7.08. The van der Waals surface area contributed by atoms with Crippen molar-refractivity contribution in [2.75, 3.05) is 44.6 Å². The predicted octanol–water partition coefficient (Wildman–Crippen LogP) is 3.34. The van der Waals surface area contributed by atoms with Crippen molar-refractivity contribution in [3.63, 3.8) is 0 Å². The molecule has 0 aromatic heterocycles. The number of rotatable bonds is 5. The van der Waals surface area contributed by atoms with Crippen molar-refractivity contribution in [2.45, 2.75) is 6.42 Å². The minimum Gasteiger partial charge on any atom is -0.325 e.